The second-order valence-corrected chi connectivity index (χ2v) is 9.68. The van der Waals surface area contributed by atoms with E-state index in [-0.39, 0.29) is 34.4 Å². The molecule has 0 saturated carbocycles. The monoisotopic (exact) mass is 501 g/mol. The summed E-state index contributed by atoms with van der Waals surface area (Å²) in [5.41, 5.74) is 8.08. The normalized spacial score (nSPS) is 23.8. The lowest BCUT2D eigenvalue weighted by Gasteiger charge is -2.45. The summed E-state index contributed by atoms with van der Waals surface area (Å²) in [6.07, 6.45) is -0.0513. The molecule has 2 aliphatic rings. The zero-order valence-corrected chi connectivity index (χ0v) is 20.5. The smallest absolute Gasteiger partial charge is 0.206 e. The molecule has 3 aromatic rings. The van der Waals surface area contributed by atoms with E-state index in [1.807, 2.05) is 6.07 Å². The van der Waals surface area contributed by atoms with Crippen LogP contribution in [-0.2, 0) is 11.2 Å². The van der Waals surface area contributed by atoms with Gasteiger partial charge in [0.25, 0.3) is 0 Å². The van der Waals surface area contributed by atoms with Crippen molar-refractivity contribution in [1.82, 2.24) is 0 Å². The number of rotatable bonds is 3. The third kappa shape index (κ3) is 3.35. The van der Waals surface area contributed by atoms with Crippen LogP contribution in [0, 0.1) is 19.8 Å². The highest BCUT2D eigenvalue weighted by Crippen LogP contribution is 2.50. The number of ketones is 2. The molecule has 0 unspecified atom stereocenters. The van der Waals surface area contributed by atoms with Crippen LogP contribution in [0.15, 0.2) is 58.9 Å². The number of aryl methyl sites for hydroxylation is 2. The van der Waals surface area contributed by atoms with E-state index in [0.29, 0.717) is 27.8 Å². The van der Waals surface area contributed by atoms with E-state index < -0.39 is 40.6 Å². The molecule has 37 heavy (non-hydrogen) atoms. The van der Waals surface area contributed by atoms with Crippen molar-refractivity contribution >= 4 is 33.7 Å². The fourth-order valence-corrected chi connectivity index (χ4v) is 5.49. The number of carbonyl (C=O) groups excluding carboxylic acids is 2. The maximum Gasteiger partial charge on any atom is 0.206 e. The van der Waals surface area contributed by atoms with Crippen molar-refractivity contribution in [3.05, 3.63) is 76.1 Å². The lowest BCUT2D eigenvalue weighted by molar-refractivity contribution is -0.122. The summed E-state index contributed by atoms with van der Waals surface area (Å²) in [5.74, 6) is -4.37. The molecule has 190 valence electrons. The van der Waals surface area contributed by atoms with Gasteiger partial charge in [-0.05, 0) is 61.4 Å². The summed E-state index contributed by atoms with van der Waals surface area (Å²) in [6, 6.07) is 11.0. The van der Waals surface area contributed by atoms with E-state index >= 15 is 0 Å². The zero-order valence-electron chi connectivity index (χ0n) is 20.5. The first kappa shape index (κ1) is 24.5. The number of hydrazone groups is 1. The molecule has 3 atom stereocenters. The lowest BCUT2D eigenvalue weighted by atomic mass is 9.61. The number of hydrogen-bond donors (Lipinski definition) is 6. The van der Waals surface area contributed by atoms with E-state index in [1.165, 1.54) is 6.92 Å². The highest BCUT2D eigenvalue weighted by atomic mass is 16.3. The molecule has 2 aliphatic carbocycles. The highest BCUT2D eigenvalue weighted by Gasteiger charge is 2.60. The zero-order chi connectivity index (χ0) is 26.8. The predicted octanol–water partition coefficient (Wildman–Crippen LogP) is 3.16. The Morgan fingerprint density at radius 3 is 2.41 bits per heavy atom. The highest BCUT2D eigenvalue weighted by molar-refractivity contribution is 6.27. The van der Waals surface area contributed by atoms with Crippen molar-refractivity contribution in [2.45, 2.75) is 38.8 Å². The molecular weight excluding hydrogens is 474 g/mol. The lowest BCUT2D eigenvalue weighted by Crippen LogP contribution is -2.63. The fraction of sp³-hybridized carbons (Fsp3) is 0.250. The number of anilines is 1. The summed E-state index contributed by atoms with van der Waals surface area (Å²) in [4.78, 5) is 27.2. The van der Waals surface area contributed by atoms with E-state index in [0.717, 1.165) is 0 Å². The van der Waals surface area contributed by atoms with Crippen molar-refractivity contribution < 1.29 is 30.0 Å². The van der Waals surface area contributed by atoms with Gasteiger partial charge in [-0.3, -0.25) is 15.0 Å². The summed E-state index contributed by atoms with van der Waals surface area (Å²) in [6.45, 7) is 4.84. The van der Waals surface area contributed by atoms with Crippen LogP contribution in [0.25, 0.3) is 10.8 Å². The molecule has 0 radical (unpaired) electrons. The Morgan fingerprint density at radius 2 is 1.73 bits per heavy atom. The first-order valence-electron chi connectivity index (χ1n) is 11.8. The first-order chi connectivity index (χ1) is 17.5. The maximum absolute atomic E-state index is 13.9. The van der Waals surface area contributed by atoms with E-state index in [1.54, 1.807) is 50.2 Å². The van der Waals surface area contributed by atoms with Crippen LogP contribution in [0.5, 0.6) is 11.5 Å². The molecule has 0 aliphatic heterocycles. The molecule has 5 rings (SSSR count). The van der Waals surface area contributed by atoms with Crippen LogP contribution in [0.2, 0.25) is 0 Å². The van der Waals surface area contributed by atoms with Crippen molar-refractivity contribution in [2.75, 3.05) is 5.43 Å². The number of Topliss-reactive ketones (excluding diaryl/α,β-unsaturated/α-hetero) is 2. The molecule has 0 spiro atoms. The molecule has 9 heteroatoms. The third-order valence-corrected chi connectivity index (χ3v) is 7.61. The molecule has 0 amide bonds. The average molecular weight is 502 g/mol. The number of nitrogens with zero attached hydrogens (tertiary/aromatic N) is 1. The summed E-state index contributed by atoms with van der Waals surface area (Å²) in [5, 5.41) is 49.6. The Morgan fingerprint density at radius 1 is 1.05 bits per heavy atom. The van der Waals surface area contributed by atoms with Crippen LogP contribution in [0.1, 0.15) is 34.0 Å². The Bertz CT molecular complexity index is 1560. The molecule has 9 nitrogen and oxygen atoms in total. The summed E-state index contributed by atoms with van der Waals surface area (Å²) >= 11 is 0. The number of nitrogens with one attached hydrogen (secondary N) is 1. The van der Waals surface area contributed by atoms with Gasteiger partial charge in [0.2, 0.25) is 5.78 Å². The molecule has 0 bridgehead atoms. The molecule has 0 aromatic heterocycles. The van der Waals surface area contributed by atoms with Crippen molar-refractivity contribution in [3.8, 4) is 11.5 Å². The van der Waals surface area contributed by atoms with Gasteiger partial charge in [0.1, 0.15) is 17.3 Å². The topological polar surface area (TPSA) is 165 Å². The van der Waals surface area contributed by atoms with Gasteiger partial charge in [0.15, 0.2) is 11.4 Å². The number of carbonyl (C=O) groups is 2. The largest absolute Gasteiger partial charge is 0.508 e. The Labute approximate surface area is 212 Å². The quantitative estimate of drug-likeness (QED) is 0.235. The Hall–Kier alpha value is -4.21. The van der Waals surface area contributed by atoms with Gasteiger partial charge >= 0.3 is 0 Å². The SMILES string of the molecule is C/C(=N\Nc1ccccc1)C1=C(O)[C@@]2(O)C(=O)c3c(c(C)c4ccc(C)c(O)c4c3O)C[C@H]2[C@@H](N)C1=O. The summed E-state index contributed by atoms with van der Waals surface area (Å²) in [7, 11) is 0. The molecule has 7 N–H and O–H groups in total. The van der Waals surface area contributed by atoms with Gasteiger partial charge < -0.3 is 26.2 Å². The van der Waals surface area contributed by atoms with Crippen molar-refractivity contribution in [3.63, 3.8) is 0 Å². The molecule has 0 fully saturated rings. The Kier molecular flexibility index (Phi) is 5.58. The van der Waals surface area contributed by atoms with Crippen LogP contribution in [0.3, 0.4) is 0 Å². The molecule has 0 heterocycles. The fourth-order valence-electron chi connectivity index (χ4n) is 5.49. The van der Waals surface area contributed by atoms with Crippen LogP contribution in [-0.4, -0.2) is 49.3 Å². The first-order valence-corrected chi connectivity index (χ1v) is 11.8. The number of phenolic OH excluding ortho intramolecular Hbond substituents is 2. The number of aliphatic hydroxyl groups excluding tert-OH is 1. The van der Waals surface area contributed by atoms with Gasteiger partial charge in [-0.25, -0.2) is 0 Å². The number of aliphatic hydroxyl groups is 2. The van der Waals surface area contributed by atoms with Crippen molar-refractivity contribution in [2.24, 2.45) is 16.8 Å². The van der Waals surface area contributed by atoms with E-state index in [4.69, 9.17) is 5.73 Å². The molecular formula is C28H27N3O6. The van der Waals surface area contributed by atoms with Gasteiger partial charge in [0.05, 0.1) is 34.0 Å². The number of hydrogen-bond acceptors (Lipinski definition) is 9. The number of fused-ring (bicyclic) bond motifs is 3. The minimum absolute atomic E-state index is 0.0273. The standard InChI is InChI=1S/C28H27N3O6/c1-12-9-10-16-13(2)17-11-18-22(29)25(34)19(14(3)30-31-15-7-5-4-6-8-15)26(35)28(18,37)27(36)21(17)24(33)20(16)23(12)32/h4-10,18,22,31-33,35,37H,11,29H2,1-3H3/b30-14+/t18-,22+,28+/m0/s1. The van der Waals surface area contributed by atoms with Gasteiger partial charge in [-0.2, -0.15) is 5.10 Å². The average Bonchev–Trinajstić information content (AvgIpc) is 2.88. The number of benzene rings is 3. The maximum atomic E-state index is 13.9. The van der Waals surface area contributed by atoms with Gasteiger partial charge in [0, 0.05) is 5.92 Å². The third-order valence-electron chi connectivity index (χ3n) is 7.61. The predicted molar refractivity (Wildman–Crippen MR) is 139 cm³/mol. The molecule has 0 saturated heterocycles. The second kappa shape index (κ2) is 8.43. The van der Waals surface area contributed by atoms with E-state index in [2.05, 4.69) is 10.5 Å². The summed E-state index contributed by atoms with van der Waals surface area (Å²) < 4.78 is 0. The second-order valence-electron chi connectivity index (χ2n) is 9.68. The minimum atomic E-state index is -2.57. The van der Waals surface area contributed by atoms with Crippen LogP contribution < -0.4 is 11.2 Å². The Balaban J connectivity index is 1.70. The van der Waals surface area contributed by atoms with Gasteiger partial charge in [-0.1, -0.05) is 30.3 Å². The number of aromatic hydroxyl groups is 2. The van der Waals surface area contributed by atoms with Crippen LogP contribution in [0.4, 0.5) is 5.69 Å². The van der Waals surface area contributed by atoms with Gasteiger partial charge in [-0.15, -0.1) is 0 Å². The van der Waals surface area contributed by atoms with Crippen LogP contribution >= 0.6 is 0 Å². The van der Waals surface area contributed by atoms with Crippen molar-refractivity contribution in [1.29, 1.82) is 0 Å². The van der Waals surface area contributed by atoms with E-state index in [9.17, 15) is 30.0 Å². The number of para-hydroxylation sites is 1. The minimum Gasteiger partial charge on any atom is -0.508 e. The number of phenols is 2. The molecule has 3 aromatic carbocycles. The number of nitrogens with two attached hydrogens (primary N) is 1.